The second-order valence-corrected chi connectivity index (χ2v) is 7.05. The summed E-state index contributed by atoms with van der Waals surface area (Å²) in [6.45, 7) is 2.04. The van der Waals surface area contributed by atoms with Crippen LogP contribution >= 0.6 is 0 Å². The zero-order chi connectivity index (χ0) is 23.6. The van der Waals surface area contributed by atoms with Crippen molar-refractivity contribution in [2.45, 2.75) is 38.4 Å². The van der Waals surface area contributed by atoms with Gasteiger partial charge in [0.05, 0.1) is 13.7 Å². The van der Waals surface area contributed by atoms with Crippen molar-refractivity contribution >= 4 is 11.9 Å². The molecule has 0 saturated carbocycles. The van der Waals surface area contributed by atoms with E-state index in [-0.39, 0.29) is 17.1 Å². The molecule has 0 amide bonds. The molecule has 1 aromatic carbocycles. The zero-order valence-electron chi connectivity index (χ0n) is 17.4. The number of carbonyl (C=O) groups excluding carboxylic acids is 2. The van der Waals surface area contributed by atoms with Gasteiger partial charge in [-0.3, -0.25) is 19.1 Å². The number of phenols is 1. The first-order chi connectivity index (χ1) is 15.2. The van der Waals surface area contributed by atoms with Crippen LogP contribution in [0.4, 0.5) is 0 Å². The molecule has 0 unspecified atom stereocenters. The highest BCUT2D eigenvalue weighted by atomic mass is 16.6. The number of ether oxygens (including phenoxy) is 4. The van der Waals surface area contributed by atoms with Crippen molar-refractivity contribution in [2.75, 3.05) is 13.7 Å². The van der Waals surface area contributed by atoms with Crippen LogP contribution in [0.25, 0.3) is 0 Å². The molecule has 0 aliphatic carbocycles. The van der Waals surface area contributed by atoms with E-state index < -0.39 is 54.3 Å². The van der Waals surface area contributed by atoms with E-state index in [4.69, 9.17) is 18.9 Å². The van der Waals surface area contributed by atoms with Gasteiger partial charge in [-0.2, -0.15) is 0 Å². The van der Waals surface area contributed by atoms with Crippen LogP contribution in [0.5, 0.6) is 11.5 Å². The number of aromatic amines is 1. The predicted octanol–water partition coefficient (Wildman–Crippen LogP) is -0.394. The minimum Gasteiger partial charge on any atom is -0.508 e. The van der Waals surface area contributed by atoms with Crippen molar-refractivity contribution in [1.29, 1.82) is 0 Å². The number of rotatable bonds is 6. The Balaban J connectivity index is 2.00. The smallest absolute Gasteiger partial charge is 0.342 e. The van der Waals surface area contributed by atoms with Crippen LogP contribution in [0.1, 0.15) is 29.1 Å². The summed E-state index contributed by atoms with van der Waals surface area (Å²) in [5.74, 6) is -1.72. The van der Waals surface area contributed by atoms with Crippen LogP contribution in [0.15, 0.2) is 34.0 Å². The van der Waals surface area contributed by atoms with E-state index in [2.05, 4.69) is 4.98 Å². The molecule has 1 aromatic heterocycles. The van der Waals surface area contributed by atoms with Gasteiger partial charge >= 0.3 is 17.6 Å². The quantitative estimate of drug-likeness (QED) is 0.493. The molecule has 4 atom stereocenters. The van der Waals surface area contributed by atoms with Crippen molar-refractivity contribution < 1.29 is 38.7 Å². The van der Waals surface area contributed by atoms with Crippen LogP contribution < -0.4 is 16.0 Å². The number of methoxy groups -OCH3 is 1. The van der Waals surface area contributed by atoms with E-state index in [0.29, 0.717) is 5.56 Å². The van der Waals surface area contributed by atoms with Crippen molar-refractivity contribution in [3.63, 3.8) is 0 Å². The van der Waals surface area contributed by atoms with Crippen LogP contribution in [-0.4, -0.2) is 63.7 Å². The van der Waals surface area contributed by atoms with Crippen molar-refractivity contribution in [2.24, 2.45) is 0 Å². The average Bonchev–Trinajstić information content (AvgIpc) is 3.03. The second kappa shape index (κ2) is 9.24. The SMILES string of the molecule is COc1cc(O)cc(C)c1C(=O)O[C@H]1[C@@H](OC(C)=O)[C@H](n2ccc(=O)[nH]c2=O)O[C@@H]1CO. The van der Waals surface area contributed by atoms with Crippen LogP contribution in [-0.2, 0) is 19.0 Å². The predicted molar refractivity (Wildman–Crippen MR) is 106 cm³/mol. The minimum atomic E-state index is -1.32. The Morgan fingerprint density at radius 2 is 1.94 bits per heavy atom. The molecule has 12 heteroatoms. The molecule has 1 aliphatic heterocycles. The molecule has 0 bridgehead atoms. The van der Waals surface area contributed by atoms with Gasteiger partial charge in [0.25, 0.3) is 5.56 Å². The average molecular weight is 450 g/mol. The molecule has 1 fully saturated rings. The van der Waals surface area contributed by atoms with Gasteiger partial charge in [-0.15, -0.1) is 0 Å². The number of benzene rings is 1. The van der Waals surface area contributed by atoms with Crippen LogP contribution in [0.3, 0.4) is 0 Å². The zero-order valence-corrected chi connectivity index (χ0v) is 17.4. The van der Waals surface area contributed by atoms with E-state index in [1.165, 1.54) is 19.2 Å². The molecule has 32 heavy (non-hydrogen) atoms. The standard InChI is InChI=1S/C20H22N2O10/c1-9-6-11(25)7-12(29-3)15(9)19(27)32-16-13(8-23)31-18(17(16)30-10(2)24)22-5-4-14(26)21-20(22)28/h4-7,13,16-18,23,25H,8H2,1-3H3,(H,21,26,28)/t13-,16-,17-,18-/m1/s1. The fraction of sp³-hybridized carbons (Fsp3) is 0.400. The fourth-order valence-electron chi connectivity index (χ4n) is 3.51. The molecule has 1 saturated heterocycles. The number of carbonyl (C=O) groups is 2. The largest absolute Gasteiger partial charge is 0.508 e. The Morgan fingerprint density at radius 3 is 2.53 bits per heavy atom. The highest BCUT2D eigenvalue weighted by Gasteiger charge is 2.50. The maximum absolute atomic E-state index is 13.0. The summed E-state index contributed by atoms with van der Waals surface area (Å²) in [5.41, 5.74) is -1.14. The lowest BCUT2D eigenvalue weighted by atomic mass is 10.1. The Bertz CT molecular complexity index is 1140. The lowest BCUT2D eigenvalue weighted by molar-refractivity contribution is -0.156. The molecule has 0 spiro atoms. The number of hydrogen-bond acceptors (Lipinski definition) is 10. The second-order valence-electron chi connectivity index (χ2n) is 7.05. The third-order valence-corrected chi connectivity index (χ3v) is 4.84. The van der Waals surface area contributed by atoms with Crippen LogP contribution in [0, 0.1) is 6.92 Å². The molecule has 0 radical (unpaired) electrons. The number of nitrogens with zero attached hydrogens (tertiary/aromatic N) is 1. The van der Waals surface area contributed by atoms with Gasteiger partial charge in [0.1, 0.15) is 23.2 Å². The molecule has 172 valence electrons. The van der Waals surface area contributed by atoms with Crippen molar-refractivity contribution in [3.8, 4) is 11.5 Å². The molecule has 2 heterocycles. The Hall–Kier alpha value is -3.64. The number of aryl methyl sites for hydroxylation is 1. The van der Waals surface area contributed by atoms with Gasteiger partial charge in [-0.25, -0.2) is 9.59 Å². The molecule has 12 nitrogen and oxygen atoms in total. The van der Waals surface area contributed by atoms with Gasteiger partial charge in [0.2, 0.25) is 0 Å². The highest BCUT2D eigenvalue weighted by molar-refractivity contribution is 5.94. The number of hydrogen-bond donors (Lipinski definition) is 3. The van der Waals surface area contributed by atoms with Crippen molar-refractivity contribution in [3.05, 3.63) is 56.4 Å². The van der Waals surface area contributed by atoms with Gasteiger partial charge < -0.3 is 29.2 Å². The number of H-pyrrole nitrogens is 1. The summed E-state index contributed by atoms with van der Waals surface area (Å²) in [6, 6.07) is 3.62. The summed E-state index contributed by atoms with van der Waals surface area (Å²) in [5, 5.41) is 19.5. The van der Waals surface area contributed by atoms with Crippen molar-refractivity contribution in [1.82, 2.24) is 9.55 Å². The summed E-state index contributed by atoms with van der Waals surface area (Å²) in [7, 11) is 1.31. The number of aliphatic hydroxyl groups excluding tert-OH is 1. The summed E-state index contributed by atoms with van der Waals surface area (Å²) in [6.07, 6.45) is -3.94. The molecule has 3 N–H and O–H groups in total. The molecule has 3 rings (SSSR count). The van der Waals surface area contributed by atoms with E-state index in [1.807, 2.05) is 0 Å². The monoisotopic (exact) mass is 450 g/mol. The van der Waals surface area contributed by atoms with Gasteiger partial charge in [0, 0.05) is 25.3 Å². The van der Waals surface area contributed by atoms with E-state index in [9.17, 15) is 29.4 Å². The third kappa shape index (κ3) is 4.50. The number of aromatic nitrogens is 2. The fourth-order valence-corrected chi connectivity index (χ4v) is 3.51. The van der Waals surface area contributed by atoms with Crippen LogP contribution in [0.2, 0.25) is 0 Å². The minimum absolute atomic E-state index is 0.00761. The Kier molecular flexibility index (Phi) is 6.65. The maximum atomic E-state index is 13.0. The topological polar surface area (TPSA) is 166 Å². The third-order valence-electron chi connectivity index (χ3n) is 4.84. The van der Waals surface area contributed by atoms with E-state index in [1.54, 1.807) is 6.92 Å². The highest BCUT2D eigenvalue weighted by Crippen LogP contribution is 2.35. The lowest BCUT2D eigenvalue weighted by Gasteiger charge is -2.24. The maximum Gasteiger partial charge on any atom is 0.342 e. The number of nitrogens with one attached hydrogen (secondary N) is 1. The first-order valence-electron chi connectivity index (χ1n) is 9.49. The number of esters is 2. The lowest BCUT2D eigenvalue weighted by Crippen LogP contribution is -2.42. The molecule has 2 aromatic rings. The summed E-state index contributed by atoms with van der Waals surface area (Å²) < 4.78 is 22.6. The molecular weight excluding hydrogens is 428 g/mol. The number of phenolic OH excluding ortho intramolecular Hbond substituents is 1. The molecular formula is C20H22N2O10. The first-order valence-corrected chi connectivity index (χ1v) is 9.49. The first kappa shape index (κ1) is 23.0. The van der Waals surface area contributed by atoms with Gasteiger partial charge in [-0.1, -0.05) is 0 Å². The number of aromatic hydroxyl groups is 1. The normalized spacial score (nSPS) is 22.4. The Morgan fingerprint density at radius 1 is 1.22 bits per heavy atom. The Labute approximate surface area is 180 Å². The summed E-state index contributed by atoms with van der Waals surface area (Å²) in [4.78, 5) is 50.4. The van der Waals surface area contributed by atoms with Gasteiger partial charge in [0.15, 0.2) is 18.4 Å². The molecule has 1 aliphatic rings. The van der Waals surface area contributed by atoms with E-state index in [0.717, 1.165) is 23.8 Å². The number of aliphatic hydroxyl groups is 1. The van der Waals surface area contributed by atoms with Gasteiger partial charge in [-0.05, 0) is 18.6 Å². The van der Waals surface area contributed by atoms with E-state index >= 15 is 0 Å². The summed E-state index contributed by atoms with van der Waals surface area (Å²) >= 11 is 0.